The fourth-order valence-corrected chi connectivity index (χ4v) is 2.57. The molecule has 2 N–H and O–H groups in total. The number of ether oxygens (including phenoxy) is 1. The number of nitrogens with zero attached hydrogens (tertiary/aromatic N) is 1. The van der Waals surface area contributed by atoms with Gasteiger partial charge in [0.05, 0.1) is 6.61 Å². The first-order valence-electron chi connectivity index (χ1n) is 8.94. The Morgan fingerprint density at radius 3 is 2.44 bits per heavy atom. The Morgan fingerprint density at radius 2 is 1.74 bits per heavy atom. The first-order chi connectivity index (χ1) is 13.1. The van der Waals surface area contributed by atoms with E-state index in [0.717, 1.165) is 11.4 Å². The number of anilines is 2. The minimum absolute atomic E-state index is 0.252. The van der Waals surface area contributed by atoms with Crippen molar-refractivity contribution in [2.75, 3.05) is 17.2 Å². The van der Waals surface area contributed by atoms with Crippen LogP contribution in [0.15, 0.2) is 66.9 Å². The third kappa shape index (κ3) is 5.31. The molecule has 0 atom stereocenters. The molecule has 1 aromatic heterocycles. The molecule has 138 valence electrons. The van der Waals surface area contributed by atoms with Crippen molar-refractivity contribution < 1.29 is 9.53 Å². The van der Waals surface area contributed by atoms with E-state index in [1.165, 1.54) is 11.1 Å². The Labute approximate surface area is 159 Å². The SMILES string of the molecule is CCOc1ccc(NC(=O)c2cc(NCc3ccc(C)cc3)ccn2)cc1. The van der Waals surface area contributed by atoms with Crippen LogP contribution < -0.4 is 15.4 Å². The summed E-state index contributed by atoms with van der Waals surface area (Å²) >= 11 is 0. The lowest BCUT2D eigenvalue weighted by Gasteiger charge is -2.09. The summed E-state index contributed by atoms with van der Waals surface area (Å²) < 4.78 is 5.40. The molecule has 0 aliphatic rings. The maximum atomic E-state index is 12.5. The summed E-state index contributed by atoms with van der Waals surface area (Å²) in [6.07, 6.45) is 1.63. The van der Waals surface area contributed by atoms with Gasteiger partial charge < -0.3 is 15.4 Å². The maximum Gasteiger partial charge on any atom is 0.274 e. The Balaban J connectivity index is 1.61. The molecule has 0 aliphatic heterocycles. The number of benzene rings is 2. The van der Waals surface area contributed by atoms with Gasteiger partial charge in [0, 0.05) is 24.1 Å². The van der Waals surface area contributed by atoms with Crippen molar-refractivity contribution in [3.63, 3.8) is 0 Å². The summed E-state index contributed by atoms with van der Waals surface area (Å²) in [7, 11) is 0. The highest BCUT2D eigenvalue weighted by atomic mass is 16.5. The van der Waals surface area contributed by atoms with Crippen LogP contribution in [-0.4, -0.2) is 17.5 Å². The van der Waals surface area contributed by atoms with E-state index in [4.69, 9.17) is 4.74 Å². The number of amides is 1. The van der Waals surface area contributed by atoms with Crippen LogP contribution in [-0.2, 0) is 6.54 Å². The molecule has 3 aromatic rings. The van der Waals surface area contributed by atoms with Gasteiger partial charge in [-0.2, -0.15) is 0 Å². The Morgan fingerprint density at radius 1 is 1.00 bits per heavy atom. The maximum absolute atomic E-state index is 12.5. The number of carbonyl (C=O) groups excluding carboxylic acids is 1. The molecule has 0 aliphatic carbocycles. The number of hydrogen-bond donors (Lipinski definition) is 2. The highest BCUT2D eigenvalue weighted by Gasteiger charge is 2.09. The summed E-state index contributed by atoms with van der Waals surface area (Å²) in [6, 6.07) is 19.2. The number of carbonyl (C=O) groups is 1. The zero-order valence-electron chi connectivity index (χ0n) is 15.5. The summed E-state index contributed by atoms with van der Waals surface area (Å²) in [4.78, 5) is 16.6. The van der Waals surface area contributed by atoms with Crippen LogP contribution in [0.3, 0.4) is 0 Å². The summed E-state index contributed by atoms with van der Waals surface area (Å²) in [6.45, 7) is 5.29. The normalized spacial score (nSPS) is 10.3. The molecule has 0 radical (unpaired) electrons. The summed E-state index contributed by atoms with van der Waals surface area (Å²) in [5.41, 5.74) is 4.32. The van der Waals surface area contributed by atoms with Gasteiger partial charge in [-0.25, -0.2) is 0 Å². The zero-order chi connectivity index (χ0) is 19.1. The second-order valence-electron chi connectivity index (χ2n) is 6.18. The third-order valence-electron chi connectivity index (χ3n) is 4.03. The molecule has 5 heteroatoms. The molecule has 3 rings (SSSR count). The van der Waals surface area contributed by atoms with Crippen LogP contribution in [0.2, 0.25) is 0 Å². The molecular weight excluding hydrogens is 338 g/mol. The van der Waals surface area contributed by atoms with Gasteiger partial charge in [0.25, 0.3) is 5.91 Å². The van der Waals surface area contributed by atoms with Crippen LogP contribution in [0.5, 0.6) is 5.75 Å². The van der Waals surface area contributed by atoms with E-state index in [-0.39, 0.29) is 5.91 Å². The number of aromatic nitrogens is 1. The highest BCUT2D eigenvalue weighted by molar-refractivity contribution is 6.03. The second kappa shape index (κ2) is 8.85. The van der Waals surface area contributed by atoms with Gasteiger partial charge in [0.2, 0.25) is 0 Å². The standard InChI is InChI=1S/C22H23N3O2/c1-3-27-20-10-8-18(9-11-20)25-22(26)21-14-19(12-13-23-21)24-15-17-6-4-16(2)5-7-17/h4-14H,3,15H2,1-2H3,(H,23,24)(H,25,26). The van der Waals surface area contributed by atoms with Crippen LogP contribution in [0.25, 0.3) is 0 Å². The van der Waals surface area contributed by atoms with Crippen molar-refractivity contribution in [2.45, 2.75) is 20.4 Å². The molecule has 0 fully saturated rings. The number of rotatable bonds is 7. The number of nitrogens with one attached hydrogen (secondary N) is 2. The number of hydrogen-bond acceptors (Lipinski definition) is 4. The van der Waals surface area contributed by atoms with Crippen molar-refractivity contribution in [3.05, 3.63) is 83.7 Å². The van der Waals surface area contributed by atoms with Crippen LogP contribution in [0.1, 0.15) is 28.5 Å². The molecule has 27 heavy (non-hydrogen) atoms. The lowest BCUT2D eigenvalue weighted by molar-refractivity contribution is 0.102. The fraction of sp³-hybridized carbons (Fsp3) is 0.182. The predicted molar refractivity (Wildman–Crippen MR) is 108 cm³/mol. The molecule has 1 amide bonds. The summed E-state index contributed by atoms with van der Waals surface area (Å²) in [5, 5.41) is 6.17. The largest absolute Gasteiger partial charge is 0.494 e. The Hall–Kier alpha value is -3.34. The molecular formula is C22H23N3O2. The lowest BCUT2D eigenvalue weighted by Crippen LogP contribution is -2.14. The van der Waals surface area contributed by atoms with Gasteiger partial charge in [-0.1, -0.05) is 29.8 Å². The smallest absolute Gasteiger partial charge is 0.274 e. The predicted octanol–water partition coefficient (Wildman–Crippen LogP) is 4.65. The Kier molecular flexibility index (Phi) is 6.05. The van der Waals surface area contributed by atoms with Gasteiger partial charge in [-0.05, 0) is 55.8 Å². The molecule has 0 saturated carbocycles. The van der Waals surface area contributed by atoms with Gasteiger partial charge in [-0.3, -0.25) is 9.78 Å². The van der Waals surface area contributed by atoms with Crippen molar-refractivity contribution in [1.29, 1.82) is 0 Å². The Bertz CT molecular complexity index is 890. The van der Waals surface area contributed by atoms with Crippen molar-refractivity contribution in [1.82, 2.24) is 4.98 Å². The van der Waals surface area contributed by atoms with Gasteiger partial charge in [-0.15, -0.1) is 0 Å². The molecule has 5 nitrogen and oxygen atoms in total. The van der Waals surface area contributed by atoms with Gasteiger partial charge >= 0.3 is 0 Å². The van der Waals surface area contributed by atoms with Gasteiger partial charge in [0.15, 0.2) is 0 Å². The molecule has 0 spiro atoms. The third-order valence-corrected chi connectivity index (χ3v) is 4.03. The van der Waals surface area contributed by atoms with Crippen LogP contribution in [0.4, 0.5) is 11.4 Å². The summed E-state index contributed by atoms with van der Waals surface area (Å²) in [5.74, 6) is 0.522. The van der Waals surface area contributed by atoms with E-state index in [9.17, 15) is 4.79 Å². The quantitative estimate of drug-likeness (QED) is 0.643. The van der Waals surface area contributed by atoms with Crippen molar-refractivity contribution >= 4 is 17.3 Å². The van der Waals surface area contributed by atoms with E-state index < -0.39 is 0 Å². The molecule has 0 unspecified atom stereocenters. The minimum atomic E-state index is -0.252. The lowest BCUT2D eigenvalue weighted by atomic mass is 10.1. The first-order valence-corrected chi connectivity index (χ1v) is 8.94. The van der Waals surface area contributed by atoms with E-state index >= 15 is 0 Å². The fourth-order valence-electron chi connectivity index (χ4n) is 2.57. The van der Waals surface area contributed by atoms with E-state index in [0.29, 0.717) is 24.5 Å². The molecule has 0 bridgehead atoms. The average molecular weight is 361 g/mol. The second-order valence-corrected chi connectivity index (χ2v) is 6.18. The van der Waals surface area contributed by atoms with Crippen molar-refractivity contribution in [3.8, 4) is 5.75 Å². The monoisotopic (exact) mass is 361 g/mol. The van der Waals surface area contributed by atoms with Gasteiger partial charge in [0.1, 0.15) is 11.4 Å². The number of aryl methyl sites for hydroxylation is 1. The van der Waals surface area contributed by atoms with Crippen molar-refractivity contribution in [2.24, 2.45) is 0 Å². The molecule has 0 saturated heterocycles. The number of pyridine rings is 1. The minimum Gasteiger partial charge on any atom is -0.494 e. The first kappa shape index (κ1) is 18.5. The molecule has 1 heterocycles. The van der Waals surface area contributed by atoms with Crippen LogP contribution >= 0.6 is 0 Å². The topological polar surface area (TPSA) is 63.2 Å². The van der Waals surface area contributed by atoms with E-state index in [1.807, 2.05) is 37.3 Å². The molecule has 2 aromatic carbocycles. The van der Waals surface area contributed by atoms with E-state index in [2.05, 4.69) is 46.8 Å². The highest BCUT2D eigenvalue weighted by Crippen LogP contribution is 2.17. The average Bonchev–Trinajstić information content (AvgIpc) is 2.69. The van der Waals surface area contributed by atoms with E-state index in [1.54, 1.807) is 12.3 Å². The van der Waals surface area contributed by atoms with Crippen LogP contribution in [0, 0.1) is 6.92 Å². The zero-order valence-corrected chi connectivity index (χ0v) is 15.5.